The smallest absolute Gasteiger partial charge is 0.239 e. The predicted octanol–water partition coefficient (Wildman–Crippen LogP) is 2.17. The van der Waals surface area contributed by atoms with Crippen LogP contribution in [-0.2, 0) is 9.53 Å². The van der Waals surface area contributed by atoms with Crippen molar-refractivity contribution in [1.29, 1.82) is 0 Å². The van der Waals surface area contributed by atoms with Gasteiger partial charge in [0.2, 0.25) is 5.91 Å². The van der Waals surface area contributed by atoms with Gasteiger partial charge in [0.1, 0.15) is 0 Å². The van der Waals surface area contributed by atoms with Crippen LogP contribution in [0.25, 0.3) is 0 Å². The molecular weight excluding hydrogens is 240 g/mol. The zero-order chi connectivity index (χ0) is 14.3. The van der Waals surface area contributed by atoms with Crippen LogP contribution in [0.4, 0.5) is 0 Å². The molecular formula is C15H30N2O2. The van der Waals surface area contributed by atoms with E-state index in [0.717, 1.165) is 51.8 Å². The van der Waals surface area contributed by atoms with Crippen molar-refractivity contribution in [3.8, 4) is 0 Å². The summed E-state index contributed by atoms with van der Waals surface area (Å²) in [4.78, 5) is 14.0. The number of rotatable bonds is 7. The molecule has 112 valence electrons. The van der Waals surface area contributed by atoms with Gasteiger partial charge in [-0.05, 0) is 31.6 Å². The highest BCUT2D eigenvalue weighted by molar-refractivity contribution is 5.81. The zero-order valence-electron chi connectivity index (χ0n) is 12.7. The standard InChI is InChI=1S/C15H30N2O2/c1-4-5-14(16)15(18)17-9-6-13(7-10-17)19-11-8-12(2)3/h12-14H,4-11,16H2,1-3H3. The fraction of sp³-hybridized carbons (Fsp3) is 0.933. The number of hydrogen-bond donors (Lipinski definition) is 1. The van der Waals surface area contributed by atoms with E-state index in [9.17, 15) is 4.79 Å². The maximum absolute atomic E-state index is 12.1. The highest BCUT2D eigenvalue weighted by Crippen LogP contribution is 2.16. The summed E-state index contributed by atoms with van der Waals surface area (Å²) >= 11 is 0. The first-order valence-corrected chi connectivity index (χ1v) is 7.70. The zero-order valence-corrected chi connectivity index (χ0v) is 12.7. The SMILES string of the molecule is CCCC(N)C(=O)N1CCC(OCCC(C)C)CC1. The van der Waals surface area contributed by atoms with Crippen LogP contribution in [0.3, 0.4) is 0 Å². The molecule has 4 nitrogen and oxygen atoms in total. The molecule has 4 heteroatoms. The molecule has 1 atom stereocenters. The largest absolute Gasteiger partial charge is 0.378 e. The lowest BCUT2D eigenvalue weighted by Gasteiger charge is -2.33. The van der Waals surface area contributed by atoms with Crippen molar-refractivity contribution in [3.63, 3.8) is 0 Å². The molecule has 1 unspecified atom stereocenters. The number of nitrogens with zero attached hydrogens (tertiary/aromatic N) is 1. The lowest BCUT2D eigenvalue weighted by Crippen LogP contribution is -2.48. The molecule has 1 amide bonds. The molecule has 0 spiro atoms. The second-order valence-corrected chi connectivity index (χ2v) is 5.97. The monoisotopic (exact) mass is 270 g/mol. The minimum absolute atomic E-state index is 0.113. The van der Waals surface area contributed by atoms with Gasteiger partial charge in [-0.25, -0.2) is 0 Å². The Morgan fingerprint density at radius 2 is 1.95 bits per heavy atom. The molecule has 1 saturated heterocycles. The van der Waals surface area contributed by atoms with E-state index in [-0.39, 0.29) is 11.9 Å². The molecule has 0 aromatic carbocycles. The van der Waals surface area contributed by atoms with Gasteiger partial charge < -0.3 is 15.4 Å². The molecule has 2 N–H and O–H groups in total. The van der Waals surface area contributed by atoms with Gasteiger partial charge in [-0.3, -0.25) is 4.79 Å². The van der Waals surface area contributed by atoms with Gasteiger partial charge in [0.25, 0.3) is 0 Å². The van der Waals surface area contributed by atoms with Crippen molar-refractivity contribution >= 4 is 5.91 Å². The number of nitrogens with two attached hydrogens (primary N) is 1. The second kappa shape index (κ2) is 8.54. The van der Waals surface area contributed by atoms with Crippen LogP contribution in [0.15, 0.2) is 0 Å². The second-order valence-electron chi connectivity index (χ2n) is 5.97. The van der Waals surface area contributed by atoms with Gasteiger partial charge in [0, 0.05) is 19.7 Å². The van der Waals surface area contributed by atoms with E-state index >= 15 is 0 Å². The van der Waals surface area contributed by atoms with Crippen molar-refractivity contribution in [2.24, 2.45) is 11.7 Å². The quantitative estimate of drug-likeness (QED) is 0.771. The third-order valence-electron chi connectivity index (χ3n) is 3.72. The van der Waals surface area contributed by atoms with Crippen LogP contribution in [-0.4, -0.2) is 42.6 Å². The number of piperidine rings is 1. The molecule has 0 aromatic rings. The topological polar surface area (TPSA) is 55.6 Å². The van der Waals surface area contributed by atoms with E-state index in [1.807, 2.05) is 4.90 Å². The van der Waals surface area contributed by atoms with Crippen LogP contribution >= 0.6 is 0 Å². The Labute approximate surface area is 117 Å². The third-order valence-corrected chi connectivity index (χ3v) is 3.72. The number of carbonyl (C=O) groups excluding carboxylic acids is 1. The van der Waals surface area contributed by atoms with Gasteiger partial charge in [-0.2, -0.15) is 0 Å². The summed E-state index contributed by atoms with van der Waals surface area (Å²) in [6.45, 7) is 8.90. The summed E-state index contributed by atoms with van der Waals surface area (Å²) < 4.78 is 5.86. The van der Waals surface area contributed by atoms with Crippen molar-refractivity contribution in [2.45, 2.75) is 65.0 Å². The van der Waals surface area contributed by atoms with Gasteiger partial charge in [-0.15, -0.1) is 0 Å². The van der Waals surface area contributed by atoms with Crippen LogP contribution in [0.1, 0.15) is 52.9 Å². The van der Waals surface area contributed by atoms with E-state index in [1.54, 1.807) is 0 Å². The molecule has 0 aromatic heterocycles. The van der Waals surface area contributed by atoms with Gasteiger partial charge in [0.05, 0.1) is 12.1 Å². The molecule has 1 heterocycles. The van der Waals surface area contributed by atoms with E-state index in [2.05, 4.69) is 20.8 Å². The van der Waals surface area contributed by atoms with Crippen molar-refractivity contribution in [2.75, 3.05) is 19.7 Å². The Morgan fingerprint density at radius 3 is 2.47 bits per heavy atom. The Bertz CT molecular complexity index is 261. The summed E-state index contributed by atoms with van der Waals surface area (Å²) in [5.74, 6) is 0.802. The van der Waals surface area contributed by atoms with Crippen LogP contribution in [0.5, 0.6) is 0 Å². The number of amides is 1. The molecule has 1 aliphatic heterocycles. The van der Waals surface area contributed by atoms with Crippen LogP contribution in [0, 0.1) is 5.92 Å². The lowest BCUT2D eigenvalue weighted by molar-refractivity contribution is -0.135. The Kier molecular flexibility index (Phi) is 7.39. The van der Waals surface area contributed by atoms with Crippen LogP contribution < -0.4 is 5.73 Å². The fourth-order valence-corrected chi connectivity index (χ4v) is 2.38. The normalized spacial score (nSPS) is 18.9. The summed E-state index contributed by atoms with van der Waals surface area (Å²) in [6, 6.07) is -0.316. The number of likely N-dealkylation sites (tertiary alicyclic amines) is 1. The molecule has 0 saturated carbocycles. The molecule has 19 heavy (non-hydrogen) atoms. The molecule has 1 fully saturated rings. The average Bonchev–Trinajstić information content (AvgIpc) is 2.38. The molecule has 0 aliphatic carbocycles. The van der Waals surface area contributed by atoms with Gasteiger partial charge in [-0.1, -0.05) is 27.2 Å². The first-order chi connectivity index (χ1) is 9.04. The van der Waals surface area contributed by atoms with Gasteiger partial charge in [0.15, 0.2) is 0 Å². The third kappa shape index (κ3) is 5.91. The summed E-state index contributed by atoms with van der Waals surface area (Å²) in [5.41, 5.74) is 5.88. The Hall–Kier alpha value is -0.610. The molecule has 1 aliphatic rings. The van der Waals surface area contributed by atoms with E-state index < -0.39 is 0 Å². The molecule has 0 bridgehead atoms. The maximum atomic E-state index is 12.1. The minimum Gasteiger partial charge on any atom is -0.378 e. The van der Waals surface area contributed by atoms with Crippen LogP contribution in [0.2, 0.25) is 0 Å². The number of hydrogen-bond acceptors (Lipinski definition) is 3. The Morgan fingerprint density at radius 1 is 1.32 bits per heavy atom. The number of ether oxygens (including phenoxy) is 1. The van der Waals surface area contributed by atoms with E-state index in [0.29, 0.717) is 12.0 Å². The van der Waals surface area contributed by atoms with Gasteiger partial charge >= 0.3 is 0 Å². The van der Waals surface area contributed by atoms with E-state index in [4.69, 9.17) is 10.5 Å². The number of carbonyl (C=O) groups is 1. The highest BCUT2D eigenvalue weighted by Gasteiger charge is 2.26. The summed E-state index contributed by atoms with van der Waals surface area (Å²) in [5, 5.41) is 0. The lowest BCUT2D eigenvalue weighted by atomic mass is 10.1. The van der Waals surface area contributed by atoms with Crippen molar-refractivity contribution in [1.82, 2.24) is 4.90 Å². The van der Waals surface area contributed by atoms with Crippen molar-refractivity contribution < 1.29 is 9.53 Å². The minimum atomic E-state index is -0.316. The summed E-state index contributed by atoms with van der Waals surface area (Å²) in [7, 11) is 0. The highest BCUT2D eigenvalue weighted by atomic mass is 16.5. The fourth-order valence-electron chi connectivity index (χ4n) is 2.38. The molecule has 0 radical (unpaired) electrons. The predicted molar refractivity (Wildman–Crippen MR) is 77.9 cm³/mol. The van der Waals surface area contributed by atoms with E-state index in [1.165, 1.54) is 0 Å². The average molecular weight is 270 g/mol. The summed E-state index contributed by atoms with van der Waals surface area (Å²) in [6.07, 6.45) is 5.07. The molecule has 1 rings (SSSR count). The van der Waals surface area contributed by atoms with Crippen molar-refractivity contribution in [3.05, 3.63) is 0 Å². The Balaban J connectivity index is 2.23. The first-order valence-electron chi connectivity index (χ1n) is 7.70. The first kappa shape index (κ1) is 16.4. The maximum Gasteiger partial charge on any atom is 0.239 e.